The van der Waals surface area contributed by atoms with E-state index < -0.39 is 0 Å². The highest BCUT2D eigenvalue weighted by molar-refractivity contribution is 6.30. The molecule has 0 saturated heterocycles. The Labute approximate surface area is 251 Å². The first-order chi connectivity index (χ1) is 20.0. The van der Waals surface area contributed by atoms with Gasteiger partial charge in [-0.1, -0.05) is 18.2 Å². The van der Waals surface area contributed by atoms with Crippen LogP contribution in [0, 0.1) is 0 Å². The van der Waals surface area contributed by atoms with E-state index in [0.717, 1.165) is 24.3 Å². The summed E-state index contributed by atoms with van der Waals surface area (Å²) in [5.41, 5.74) is 3.30. The normalized spacial score (nSPS) is 12.8. The number of hydrogen-bond acceptors (Lipinski definition) is 8. The van der Waals surface area contributed by atoms with Crippen molar-refractivity contribution in [2.75, 3.05) is 61.8 Å². The number of rotatable bonds is 11. The van der Waals surface area contributed by atoms with E-state index in [0.29, 0.717) is 40.2 Å². The number of likely N-dealkylation sites (N-methyl/N-ethyl adjacent to an activating group) is 2. The van der Waals surface area contributed by atoms with E-state index >= 15 is 0 Å². The highest BCUT2D eigenvalue weighted by Crippen LogP contribution is 2.39. The summed E-state index contributed by atoms with van der Waals surface area (Å²) in [5, 5.41) is 6.69. The summed E-state index contributed by atoms with van der Waals surface area (Å²) in [5.74, 6) is 0.906. The van der Waals surface area contributed by atoms with Gasteiger partial charge in [-0.15, -0.1) is 0 Å². The second-order valence-corrected chi connectivity index (χ2v) is 10.9. The monoisotopic (exact) mass is 592 g/mol. The van der Waals surface area contributed by atoms with Gasteiger partial charge in [-0.2, -0.15) is 4.98 Å². The van der Waals surface area contributed by atoms with E-state index in [2.05, 4.69) is 27.1 Å². The molecule has 1 aliphatic heterocycles. The molecule has 12 heteroatoms. The van der Waals surface area contributed by atoms with Crippen LogP contribution in [-0.2, 0) is 11.3 Å². The van der Waals surface area contributed by atoms with Crippen LogP contribution in [-0.4, -0.2) is 79.1 Å². The molecular weight excluding hydrogens is 556 g/mol. The number of nitrogens with zero attached hydrogens (tertiary/aromatic N) is 6. The standard InChI is InChI=1S/C30H37ClN8O3/c1-8-27(40)33-23-15-24(26(42-7)16-25(23)37(6)14-13-36(4)5)34-29-32-17-20-18-38(19(2)3)30(41)39(28(20)35-29)22-11-9-21(31)10-12-22/h8-12,15-17,19H,1,13-14,18H2,2-7H3,(H,33,40)(H,32,34,35). The maximum absolute atomic E-state index is 13.6. The number of carbonyl (C=O) groups is 2. The number of anilines is 6. The molecule has 0 bridgehead atoms. The average Bonchev–Trinajstić information content (AvgIpc) is 2.96. The summed E-state index contributed by atoms with van der Waals surface area (Å²) >= 11 is 6.13. The summed E-state index contributed by atoms with van der Waals surface area (Å²) in [6.07, 6.45) is 2.93. The maximum atomic E-state index is 13.6. The third kappa shape index (κ3) is 6.75. The van der Waals surface area contributed by atoms with Crippen LogP contribution >= 0.6 is 11.6 Å². The lowest BCUT2D eigenvalue weighted by atomic mass is 10.1. The van der Waals surface area contributed by atoms with Crippen LogP contribution in [0.3, 0.4) is 0 Å². The summed E-state index contributed by atoms with van der Waals surface area (Å²) in [6, 6.07) is 10.4. The SMILES string of the molecule is C=CC(=O)Nc1cc(Nc2ncc3c(n2)N(c2ccc(Cl)cc2)C(=O)N(C(C)C)C3)c(OC)cc1N(C)CCN(C)C. The molecule has 1 aliphatic rings. The predicted molar refractivity (Wildman–Crippen MR) is 169 cm³/mol. The van der Waals surface area contributed by atoms with Gasteiger partial charge in [0.15, 0.2) is 5.82 Å². The second-order valence-electron chi connectivity index (χ2n) is 10.5. The Kier molecular flexibility index (Phi) is 9.54. The number of aromatic nitrogens is 2. The molecule has 3 aromatic rings. The van der Waals surface area contributed by atoms with Crippen LogP contribution in [0.15, 0.2) is 55.3 Å². The average molecular weight is 593 g/mol. The van der Waals surface area contributed by atoms with E-state index in [1.54, 1.807) is 53.4 Å². The zero-order chi connectivity index (χ0) is 30.6. The van der Waals surface area contributed by atoms with Gasteiger partial charge >= 0.3 is 6.03 Å². The van der Waals surface area contributed by atoms with Gasteiger partial charge in [-0.25, -0.2) is 14.7 Å². The molecule has 4 rings (SSSR count). The van der Waals surface area contributed by atoms with E-state index in [4.69, 9.17) is 21.3 Å². The fourth-order valence-corrected chi connectivity index (χ4v) is 4.61. The molecule has 0 saturated carbocycles. The van der Waals surface area contributed by atoms with Crippen molar-refractivity contribution in [2.45, 2.75) is 26.4 Å². The zero-order valence-corrected chi connectivity index (χ0v) is 25.6. The van der Waals surface area contributed by atoms with Crippen molar-refractivity contribution in [3.63, 3.8) is 0 Å². The van der Waals surface area contributed by atoms with Gasteiger partial charge in [0.05, 0.1) is 36.4 Å². The number of fused-ring (bicyclic) bond motifs is 1. The molecule has 0 fully saturated rings. The summed E-state index contributed by atoms with van der Waals surface area (Å²) in [6.45, 7) is 9.43. The minimum absolute atomic E-state index is 0.0268. The van der Waals surface area contributed by atoms with Gasteiger partial charge in [0.2, 0.25) is 11.9 Å². The van der Waals surface area contributed by atoms with E-state index in [1.807, 2.05) is 46.0 Å². The van der Waals surface area contributed by atoms with Crippen molar-refractivity contribution >= 4 is 58.1 Å². The van der Waals surface area contributed by atoms with Crippen LogP contribution in [0.2, 0.25) is 5.02 Å². The molecule has 2 aromatic carbocycles. The number of carbonyl (C=O) groups excluding carboxylic acids is 2. The van der Waals surface area contributed by atoms with Crippen LogP contribution < -0.4 is 25.2 Å². The molecule has 0 aliphatic carbocycles. The highest BCUT2D eigenvalue weighted by Gasteiger charge is 2.34. The molecule has 1 aromatic heterocycles. The lowest BCUT2D eigenvalue weighted by molar-refractivity contribution is -0.111. The minimum atomic E-state index is -0.342. The number of urea groups is 1. The number of amides is 3. The molecule has 0 spiro atoms. The van der Waals surface area contributed by atoms with Crippen LogP contribution in [0.5, 0.6) is 5.75 Å². The number of methoxy groups -OCH3 is 1. The Bertz CT molecular complexity index is 1460. The molecular formula is C30H37ClN8O3. The molecule has 42 heavy (non-hydrogen) atoms. The first kappa shape index (κ1) is 30.6. The lowest BCUT2D eigenvalue weighted by Gasteiger charge is -2.38. The summed E-state index contributed by atoms with van der Waals surface area (Å²) in [7, 11) is 7.52. The smallest absolute Gasteiger partial charge is 0.330 e. The largest absolute Gasteiger partial charge is 0.494 e. The van der Waals surface area contributed by atoms with Crippen molar-refractivity contribution < 1.29 is 14.3 Å². The van der Waals surface area contributed by atoms with Gasteiger partial charge in [-0.3, -0.25) is 4.79 Å². The van der Waals surface area contributed by atoms with Gasteiger partial charge < -0.3 is 30.1 Å². The molecule has 2 N–H and O–H groups in total. The maximum Gasteiger partial charge on any atom is 0.330 e. The molecule has 0 radical (unpaired) electrons. The molecule has 222 valence electrons. The number of hydrogen-bond donors (Lipinski definition) is 2. The van der Waals surface area contributed by atoms with Crippen molar-refractivity contribution in [3.8, 4) is 5.75 Å². The first-order valence-corrected chi connectivity index (χ1v) is 13.9. The number of nitrogens with one attached hydrogen (secondary N) is 2. The fourth-order valence-electron chi connectivity index (χ4n) is 4.49. The van der Waals surface area contributed by atoms with Crippen LogP contribution in [0.25, 0.3) is 0 Å². The van der Waals surface area contributed by atoms with Crippen molar-refractivity contribution in [1.29, 1.82) is 0 Å². The van der Waals surface area contributed by atoms with Crippen molar-refractivity contribution in [2.24, 2.45) is 0 Å². The summed E-state index contributed by atoms with van der Waals surface area (Å²) in [4.78, 5) is 42.7. The highest BCUT2D eigenvalue weighted by atomic mass is 35.5. The minimum Gasteiger partial charge on any atom is -0.494 e. The first-order valence-electron chi connectivity index (χ1n) is 13.5. The van der Waals surface area contributed by atoms with E-state index in [-0.39, 0.29) is 23.9 Å². The van der Waals surface area contributed by atoms with E-state index in [1.165, 1.54) is 6.08 Å². The van der Waals surface area contributed by atoms with Gasteiger partial charge in [0, 0.05) is 49.0 Å². The third-order valence-corrected chi connectivity index (χ3v) is 7.09. The predicted octanol–water partition coefficient (Wildman–Crippen LogP) is 5.49. The Balaban J connectivity index is 1.75. The fraction of sp³-hybridized carbons (Fsp3) is 0.333. The molecule has 0 unspecified atom stereocenters. The number of benzene rings is 2. The summed E-state index contributed by atoms with van der Waals surface area (Å²) < 4.78 is 5.72. The molecule has 11 nitrogen and oxygen atoms in total. The Morgan fingerprint density at radius 2 is 1.88 bits per heavy atom. The molecule has 2 heterocycles. The number of halogens is 1. The van der Waals surface area contributed by atoms with Gasteiger partial charge in [0.1, 0.15) is 5.75 Å². The molecule has 3 amide bonds. The Hall–Kier alpha value is -4.35. The Morgan fingerprint density at radius 3 is 2.50 bits per heavy atom. The third-order valence-electron chi connectivity index (χ3n) is 6.84. The van der Waals surface area contributed by atoms with Crippen LogP contribution in [0.1, 0.15) is 19.4 Å². The number of ether oxygens (including phenoxy) is 1. The lowest BCUT2D eigenvalue weighted by Crippen LogP contribution is -2.48. The van der Waals surface area contributed by atoms with Gasteiger partial charge in [0.25, 0.3) is 0 Å². The van der Waals surface area contributed by atoms with Crippen molar-refractivity contribution in [1.82, 2.24) is 19.8 Å². The quantitative estimate of drug-likeness (QED) is 0.282. The van der Waals surface area contributed by atoms with Crippen molar-refractivity contribution in [3.05, 3.63) is 65.8 Å². The molecule has 0 atom stereocenters. The van der Waals surface area contributed by atoms with E-state index in [9.17, 15) is 9.59 Å². The topological polar surface area (TPSA) is 106 Å². The zero-order valence-electron chi connectivity index (χ0n) is 24.8. The second kappa shape index (κ2) is 13.1. The van der Waals surface area contributed by atoms with Crippen LogP contribution in [0.4, 0.5) is 39.3 Å². The Morgan fingerprint density at radius 1 is 1.17 bits per heavy atom. The van der Waals surface area contributed by atoms with Gasteiger partial charge in [-0.05, 0) is 64.4 Å².